The second-order valence-corrected chi connectivity index (χ2v) is 6.45. The molecule has 0 spiro atoms. The summed E-state index contributed by atoms with van der Waals surface area (Å²) in [5.74, 6) is 0.127. The van der Waals surface area contributed by atoms with Gasteiger partial charge in [-0.05, 0) is 24.5 Å². The molecule has 0 radical (unpaired) electrons. The molecule has 0 aliphatic heterocycles. The molecule has 5 nitrogen and oxygen atoms in total. The van der Waals surface area contributed by atoms with E-state index in [2.05, 4.69) is 20.2 Å². The minimum Gasteiger partial charge on any atom is -0.307 e. The van der Waals surface area contributed by atoms with E-state index in [9.17, 15) is 26.3 Å². The van der Waals surface area contributed by atoms with Crippen LogP contribution in [0, 0.1) is 0 Å². The van der Waals surface area contributed by atoms with E-state index in [4.69, 9.17) is 0 Å². The Balaban J connectivity index is 2.08. The molecule has 3 aromatic rings. The van der Waals surface area contributed by atoms with E-state index in [0.29, 0.717) is 6.20 Å². The second-order valence-electron chi connectivity index (χ2n) is 5.61. The Kier molecular flexibility index (Phi) is 5.08. The van der Waals surface area contributed by atoms with Crippen LogP contribution in [0.4, 0.5) is 26.3 Å². The quantitative estimate of drug-likeness (QED) is 0.455. The largest absolute Gasteiger partial charge is 0.417 e. The first-order valence-corrected chi connectivity index (χ1v) is 8.79. The van der Waals surface area contributed by atoms with E-state index in [1.54, 1.807) is 6.26 Å². The fourth-order valence-electron chi connectivity index (χ4n) is 2.41. The van der Waals surface area contributed by atoms with E-state index >= 15 is 0 Å². The summed E-state index contributed by atoms with van der Waals surface area (Å²) in [6.45, 7) is 0. The van der Waals surface area contributed by atoms with E-state index in [-0.39, 0.29) is 27.9 Å². The molecule has 0 aliphatic carbocycles. The number of pyridine rings is 2. The normalized spacial score (nSPS) is 12.4. The summed E-state index contributed by atoms with van der Waals surface area (Å²) in [4.78, 5) is 7.93. The SMILES string of the molecule is CSc1cc(C(F)(F)F)cnc1-c1nnc(-c2cc(C(F)(F)F)ccn2)n1C. The van der Waals surface area contributed by atoms with Crippen molar-refractivity contribution >= 4 is 11.8 Å². The van der Waals surface area contributed by atoms with Gasteiger partial charge in [0.15, 0.2) is 11.6 Å². The number of hydrogen-bond donors (Lipinski definition) is 0. The Morgan fingerprint density at radius 2 is 1.54 bits per heavy atom. The molecule has 3 heterocycles. The fourth-order valence-corrected chi connectivity index (χ4v) is 2.99. The summed E-state index contributed by atoms with van der Waals surface area (Å²) in [6, 6.07) is 2.58. The Labute approximate surface area is 158 Å². The predicted molar refractivity (Wildman–Crippen MR) is 89.2 cm³/mol. The Bertz CT molecular complexity index is 1010. The third-order valence-electron chi connectivity index (χ3n) is 3.80. The summed E-state index contributed by atoms with van der Waals surface area (Å²) < 4.78 is 78.8. The molecule has 148 valence electrons. The van der Waals surface area contributed by atoms with Crippen LogP contribution in [0.3, 0.4) is 0 Å². The van der Waals surface area contributed by atoms with Crippen LogP contribution in [0.5, 0.6) is 0 Å². The maximum Gasteiger partial charge on any atom is 0.417 e. The van der Waals surface area contributed by atoms with Crippen molar-refractivity contribution < 1.29 is 26.3 Å². The molecule has 0 fully saturated rings. The minimum absolute atomic E-state index is 0.0230. The van der Waals surface area contributed by atoms with E-state index in [0.717, 1.165) is 36.2 Å². The minimum atomic E-state index is -4.56. The van der Waals surface area contributed by atoms with Gasteiger partial charge in [-0.3, -0.25) is 9.97 Å². The molecular weight excluding hydrogens is 408 g/mol. The van der Waals surface area contributed by atoms with Gasteiger partial charge in [0.25, 0.3) is 0 Å². The van der Waals surface area contributed by atoms with Crippen molar-refractivity contribution in [3.05, 3.63) is 41.7 Å². The highest BCUT2D eigenvalue weighted by molar-refractivity contribution is 7.98. The highest BCUT2D eigenvalue weighted by Gasteiger charge is 2.33. The van der Waals surface area contributed by atoms with Gasteiger partial charge < -0.3 is 4.57 Å². The summed E-state index contributed by atoms with van der Waals surface area (Å²) >= 11 is 1.03. The second kappa shape index (κ2) is 7.08. The maximum atomic E-state index is 12.9. The molecule has 0 saturated heterocycles. The molecule has 0 unspecified atom stereocenters. The van der Waals surface area contributed by atoms with Gasteiger partial charge in [0.1, 0.15) is 11.4 Å². The summed E-state index contributed by atoms with van der Waals surface area (Å²) in [5, 5.41) is 7.73. The number of aromatic nitrogens is 5. The molecule has 0 aliphatic rings. The van der Waals surface area contributed by atoms with Gasteiger partial charge in [-0.1, -0.05) is 0 Å². The van der Waals surface area contributed by atoms with Crippen LogP contribution in [-0.2, 0) is 19.4 Å². The lowest BCUT2D eigenvalue weighted by Crippen LogP contribution is -2.08. The maximum absolute atomic E-state index is 12.9. The molecule has 0 saturated carbocycles. The third kappa shape index (κ3) is 3.81. The number of hydrogen-bond acceptors (Lipinski definition) is 5. The molecule has 0 N–H and O–H groups in total. The Hall–Kier alpha value is -2.63. The van der Waals surface area contributed by atoms with E-state index in [1.807, 2.05) is 0 Å². The Morgan fingerprint density at radius 3 is 2.14 bits per heavy atom. The fraction of sp³-hybridized carbons (Fsp3) is 0.250. The smallest absolute Gasteiger partial charge is 0.307 e. The van der Waals surface area contributed by atoms with Gasteiger partial charge in [-0.15, -0.1) is 22.0 Å². The van der Waals surface area contributed by atoms with Gasteiger partial charge in [0.05, 0.1) is 11.1 Å². The summed E-state index contributed by atoms with van der Waals surface area (Å²) in [5.41, 5.74) is -1.76. The average molecular weight is 419 g/mol. The van der Waals surface area contributed by atoms with Crippen LogP contribution in [0.25, 0.3) is 23.0 Å². The lowest BCUT2D eigenvalue weighted by Gasteiger charge is -2.11. The highest BCUT2D eigenvalue weighted by atomic mass is 32.2. The first-order valence-electron chi connectivity index (χ1n) is 7.57. The van der Waals surface area contributed by atoms with Gasteiger partial charge in [-0.25, -0.2) is 0 Å². The van der Waals surface area contributed by atoms with Crippen LogP contribution in [-0.4, -0.2) is 31.0 Å². The average Bonchev–Trinajstić information content (AvgIpc) is 3.01. The van der Waals surface area contributed by atoms with Crippen molar-refractivity contribution in [3.8, 4) is 23.0 Å². The van der Waals surface area contributed by atoms with E-state index < -0.39 is 23.5 Å². The molecule has 28 heavy (non-hydrogen) atoms. The number of thioether (sulfide) groups is 1. The first kappa shape index (κ1) is 20.1. The van der Waals surface area contributed by atoms with Gasteiger partial charge in [-0.2, -0.15) is 26.3 Å². The molecule has 3 rings (SSSR count). The van der Waals surface area contributed by atoms with Crippen LogP contribution in [0.15, 0.2) is 35.5 Å². The van der Waals surface area contributed by atoms with Crippen LogP contribution in [0.2, 0.25) is 0 Å². The van der Waals surface area contributed by atoms with Crippen molar-refractivity contribution in [1.82, 2.24) is 24.7 Å². The monoisotopic (exact) mass is 419 g/mol. The van der Waals surface area contributed by atoms with Crippen LogP contribution >= 0.6 is 11.8 Å². The zero-order valence-corrected chi connectivity index (χ0v) is 15.1. The topological polar surface area (TPSA) is 56.5 Å². The number of halogens is 6. The standard InChI is InChI=1S/C16H11F6N5S/c1-27-13(10-5-8(3-4-23-10)15(17,18)19)25-26-14(27)12-11(28-2)6-9(7-24-12)16(20,21)22/h3-7H,1-2H3. The highest BCUT2D eigenvalue weighted by Crippen LogP contribution is 2.36. The molecule has 0 aromatic carbocycles. The summed E-state index contributed by atoms with van der Waals surface area (Å²) in [6.07, 6.45) is -5.86. The van der Waals surface area contributed by atoms with Crippen molar-refractivity contribution in [2.24, 2.45) is 7.05 Å². The molecule has 12 heteroatoms. The Morgan fingerprint density at radius 1 is 0.893 bits per heavy atom. The van der Waals surface area contributed by atoms with Crippen molar-refractivity contribution in [2.45, 2.75) is 17.2 Å². The molecular formula is C16H11F6N5S. The van der Waals surface area contributed by atoms with Crippen molar-refractivity contribution in [1.29, 1.82) is 0 Å². The number of rotatable bonds is 3. The predicted octanol–water partition coefficient (Wildman–Crippen LogP) is 4.70. The van der Waals surface area contributed by atoms with Crippen molar-refractivity contribution in [3.63, 3.8) is 0 Å². The van der Waals surface area contributed by atoms with Crippen molar-refractivity contribution in [2.75, 3.05) is 6.26 Å². The van der Waals surface area contributed by atoms with Gasteiger partial charge >= 0.3 is 12.4 Å². The van der Waals surface area contributed by atoms with E-state index in [1.165, 1.54) is 11.6 Å². The third-order valence-corrected chi connectivity index (χ3v) is 4.55. The molecule has 0 atom stereocenters. The van der Waals surface area contributed by atoms with Crippen LogP contribution < -0.4 is 0 Å². The van der Waals surface area contributed by atoms with Crippen LogP contribution in [0.1, 0.15) is 11.1 Å². The lowest BCUT2D eigenvalue weighted by molar-refractivity contribution is -0.138. The number of nitrogens with zero attached hydrogens (tertiary/aromatic N) is 5. The lowest BCUT2D eigenvalue weighted by atomic mass is 10.2. The van der Waals surface area contributed by atoms with Gasteiger partial charge in [0, 0.05) is 24.3 Å². The molecule has 0 bridgehead atoms. The number of alkyl halides is 6. The molecule has 0 amide bonds. The zero-order chi connectivity index (χ0) is 20.7. The molecule has 3 aromatic heterocycles. The first-order chi connectivity index (χ1) is 13.0. The zero-order valence-electron chi connectivity index (χ0n) is 14.3. The summed E-state index contributed by atoms with van der Waals surface area (Å²) in [7, 11) is 1.47. The van der Waals surface area contributed by atoms with Gasteiger partial charge in [0.2, 0.25) is 0 Å².